The van der Waals surface area contributed by atoms with Crippen molar-refractivity contribution in [2.75, 3.05) is 5.32 Å². The van der Waals surface area contributed by atoms with Gasteiger partial charge in [-0.15, -0.1) is 21.8 Å². The molecule has 1 N–H and O–H groups in total. The number of anilines is 1. The van der Waals surface area contributed by atoms with Crippen LogP contribution in [0.25, 0.3) is 0 Å². The van der Waals surface area contributed by atoms with Crippen molar-refractivity contribution < 1.29 is 0 Å². The first-order chi connectivity index (χ1) is 6.10. The number of nitrogens with one attached hydrogen (secondary N) is 1. The summed E-state index contributed by atoms with van der Waals surface area (Å²) in [6.45, 7) is 4.35. The zero-order chi connectivity index (χ0) is 9.47. The Labute approximate surface area is 86.5 Å². The van der Waals surface area contributed by atoms with Gasteiger partial charge in [0.2, 0.25) is 5.13 Å². The Balaban J connectivity index is 1.98. The lowest BCUT2D eigenvalue weighted by molar-refractivity contribution is 0.168. The lowest BCUT2D eigenvalue weighted by atomic mass is 9.67. The summed E-state index contributed by atoms with van der Waals surface area (Å²) in [6.07, 6.45) is 1.01. The Morgan fingerprint density at radius 2 is 2.46 bits per heavy atom. The van der Waals surface area contributed by atoms with Crippen LogP contribution in [0.3, 0.4) is 0 Å². The highest BCUT2D eigenvalue weighted by Crippen LogP contribution is 2.45. The molecule has 1 saturated carbocycles. The Hall–Kier alpha value is -0.350. The third-order valence-corrected chi connectivity index (χ3v) is 4.17. The van der Waals surface area contributed by atoms with Crippen molar-refractivity contribution in [2.24, 2.45) is 5.41 Å². The highest BCUT2D eigenvalue weighted by Gasteiger charge is 2.47. The molecule has 2 unspecified atom stereocenters. The average Bonchev–Trinajstić information content (AvgIpc) is 2.56. The SMILES string of the molecule is CC1(C)C(Cl)CC1Nc1nncs1. The summed E-state index contributed by atoms with van der Waals surface area (Å²) in [7, 11) is 0. The molecular formula is C8H12ClN3S. The van der Waals surface area contributed by atoms with Gasteiger partial charge in [0.05, 0.1) is 0 Å². The first-order valence-corrected chi connectivity index (χ1v) is 5.59. The van der Waals surface area contributed by atoms with Gasteiger partial charge in [0.25, 0.3) is 0 Å². The Bertz CT molecular complexity index is 286. The fraction of sp³-hybridized carbons (Fsp3) is 0.750. The van der Waals surface area contributed by atoms with Gasteiger partial charge in [0.15, 0.2) is 0 Å². The third-order valence-electron chi connectivity index (χ3n) is 2.81. The summed E-state index contributed by atoms with van der Waals surface area (Å²) in [5.41, 5.74) is 1.89. The van der Waals surface area contributed by atoms with E-state index in [-0.39, 0.29) is 10.8 Å². The minimum atomic E-state index is 0.160. The van der Waals surface area contributed by atoms with E-state index in [1.165, 1.54) is 11.3 Å². The van der Waals surface area contributed by atoms with E-state index in [0.29, 0.717) is 6.04 Å². The molecule has 0 spiro atoms. The van der Waals surface area contributed by atoms with Crippen LogP contribution in [0, 0.1) is 5.41 Å². The summed E-state index contributed by atoms with van der Waals surface area (Å²) < 4.78 is 0. The molecule has 1 fully saturated rings. The molecule has 1 aromatic rings. The maximum absolute atomic E-state index is 6.10. The Kier molecular flexibility index (Phi) is 2.20. The molecule has 0 amide bonds. The molecule has 13 heavy (non-hydrogen) atoms. The molecule has 2 rings (SSSR count). The van der Waals surface area contributed by atoms with E-state index in [1.807, 2.05) is 0 Å². The number of hydrogen-bond acceptors (Lipinski definition) is 4. The van der Waals surface area contributed by atoms with Crippen LogP contribution in [0.1, 0.15) is 20.3 Å². The van der Waals surface area contributed by atoms with E-state index in [9.17, 15) is 0 Å². The van der Waals surface area contributed by atoms with Crippen molar-refractivity contribution in [1.29, 1.82) is 0 Å². The highest BCUT2D eigenvalue weighted by molar-refractivity contribution is 7.13. The highest BCUT2D eigenvalue weighted by atomic mass is 35.5. The first kappa shape index (κ1) is 9.21. The Morgan fingerprint density at radius 3 is 2.92 bits per heavy atom. The van der Waals surface area contributed by atoms with Crippen molar-refractivity contribution in [3.05, 3.63) is 5.51 Å². The zero-order valence-electron chi connectivity index (χ0n) is 7.62. The van der Waals surface area contributed by atoms with Gasteiger partial charge in [-0.1, -0.05) is 25.2 Å². The van der Waals surface area contributed by atoms with Gasteiger partial charge in [-0.2, -0.15) is 0 Å². The second kappa shape index (κ2) is 3.10. The van der Waals surface area contributed by atoms with Gasteiger partial charge in [-0.05, 0) is 6.42 Å². The summed E-state index contributed by atoms with van der Waals surface area (Å²) in [4.78, 5) is 0. The largest absolute Gasteiger partial charge is 0.357 e. The number of nitrogens with zero attached hydrogens (tertiary/aromatic N) is 2. The summed E-state index contributed by atoms with van der Waals surface area (Å²) >= 11 is 7.63. The van der Waals surface area contributed by atoms with E-state index in [0.717, 1.165) is 11.6 Å². The van der Waals surface area contributed by atoms with Crippen LogP contribution in [0.4, 0.5) is 5.13 Å². The molecule has 3 nitrogen and oxygen atoms in total. The van der Waals surface area contributed by atoms with Crippen molar-refractivity contribution in [1.82, 2.24) is 10.2 Å². The van der Waals surface area contributed by atoms with Gasteiger partial charge in [-0.25, -0.2) is 0 Å². The smallest absolute Gasteiger partial charge is 0.205 e. The zero-order valence-corrected chi connectivity index (χ0v) is 9.19. The summed E-state index contributed by atoms with van der Waals surface area (Å²) in [5.74, 6) is 0. The molecule has 0 aromatic carbocycles. The molecule has 1 aliphatic carbocycles. The number of halogens is 1. The molecule has 1 aliphatic rings. The second-order valence-electron chi connectivity index (χ2n) is 3.97. The van der Waals surface area contributed by atoms with Gasteiger partial charge < -0.3 is 5.32 Å². The topological polar surface area (TPSA) is 37.8 Å². The van der Waals surface area contributed by atoms with Gasteiger partial charge in [-0.3, -0.25) is 0 Å². The van der Waals surface area contributed by atoms with Crippen LogP contribution in [0.5, 0.6) is 0 Å². The normalized spacial score (nSPS) is 31.0. The van der Waals surface area contributed by atoms with Gasteiger partial charge in [0, 0.05) is 16.8 Å². The lowest BCUT2D eigenvalue weighted by Crippen LogP contribution is -2.54. The average molecular weight is 218 g/mol. The van der Waals surface area contributed by atoms with Crippen molar-refractivity contribution in [3.8, 4) is 0 Å². The van der Waals surface area contributed by atoms with Crippen molar-refractivity contribution in [3.63, 3.8) is 0 Å². The fourth-order valence-electron chi connectivity index (χ4n) is 1.50. The maximum Gasteiger partial charge on any atom is 0.205 e. The van der Waals surface area contributed by atoms with Crippen molar-refractivity contribution >= 4 is 28.1 Å². The molecule has 0 saturated heterocycles. The second-order valence-corrected chi connectivity index (χ2v) is 5.33. The van der Waals surface area contributed by atoms with Crippen LogP contribution >= 0.6 is 22.9 Å². The predicted octanol–water partition coefficient (Wildman–Crippen LogP) is 2.36. The van der Waals surface area contributed by atoms with Crippen LogP contribution in [0.15, 0.2) is 5.51 Å². The minimum absolute atomic E-state index is 0.160. The van der Waals surface area contributed by atoms with E-state index in [1.54, 1.807) is 5.51 Å². The molecule has 0 aliphatic heterocycles. The van der Waals surface area contributed by atoms with E-state index in [2.05, 4.69) is 29.4 Å². The molecular weight excluding hydrogens is 206 g/mol. The quantitative estimate of drug-likeness (QED) is 0.773. The molecule has 1 heterocycles. The molecule has 5 heteroatoms. The molecule has 2 atom stereocenters. The molecule has 0 radical (unpaired) electrons. The van der Waals surface area contributed by atoms with Crippen molar-refractivity contribution in [2.45, 2.75) is 31.7 Å². The number of rotatable bonds is 2. The summed E-state index contributed by atoms with van der Waals surface area (Å²) in [6, 6.07) is 0.433. The van der Waals surface area contributed by atoms with Crippen LogP contribution in [-0.2, 0) is 0 Å². The molecule has 72 valence electrons. The Morgan fingerprint density at radius 1 is 1.69 bits per heavy atom. The monoisotopic (exact) mass is 217 g/mol. The predicted molar refractivity (Wildman–Crippen MR) is 55.4 cm³/mol. The number of alkyl halides is 1. The maximum atomic E-state index is 6.10. The number of hydrogen-bond donors (Lipinski definition) is 1. The third kappa shape index (κ3) is 1.53. The molecule has 1 aromatic heterocycles. The summed E-state index contributed by atoms with van der Waals surface area (Å²) in [5, 5.41) is 12.2. The van der Waals surface area contributed by atoms with E-state index >= 15 is 0 Å². The van der Waals surface area contributed by atoms with Gasteiger partial charge in [0.1, 0.15) is 5.51 Å². The van der Waals surface area contributed by atoms with Gasteiger partial charge >= 0.3 is 0 Å². The van der Waals surface area contributed by atoms with Crippen LogP contribution in [0.2, 0.25) is 0 Å². The van der Waals surface area contributed by atoms with E-state index in [4.69, 9.17) is 11.6 Å². The standard InChI is InChI=1S/C8H12ClN3S/c1-8(2)5(9)3-6(8)11-7-12-10-4-13-7/h4-6H,3H2,1-2H3,(H,11,12). The molecule has 0 bridgehead atoms. The van der Waals surface area contributed by atoms with Crippen LogP contribution < -0.4 is 5.32 Å². The fourth-order valence-corrected chi connectivity index (χ4v) is 2.33. The van der Waals surface area contributed by atoms with Crippen LogP contribution in [-0.4, -0.2) is 21.6 Å². The lowest BCUT2D eigenvalue weighted by Gasteiger charge is -2.49. The first-order valence-electron chi connectivity index (χ1n) is 4.27. The van der Waals surface area contributed by atoms with E-state index < -0.39 is 0 Å². The minimum Gasteiger partial charge on any atom is -0.357 e. The number of aromatic nitrogens is 2.